The van der Waals surface area contributed by atoms with Gasteiger partial charge in [0.1, 0.15) is 5.41 Å². The van der Waals surface area contributed by atoms with Crippen molar-refractivity contribution < 1.29 is 22.6 Å². The molecule has 1 aromatic carbocycles. The fourth-order valence-corrected chi connectivity index (χ4v) is 1.98. The second-order valence-corrected chi connectivity index (χ2v) is 6.91. The Hall–Kier alpha value is -1.93. The third-order valence-electron chi connectivity index (χ3n) is 3.08. The van der Waals surface area contributed by atoms with Crippen LogP contribution in [0, 0.1) is 5.41 Å². The molecule has 0 unspecified atom stereocenters. The lowest BCUT2D eigenvalue weighted by molar-refractivity contribution is -0.141. The van der Waals surface area contributed by atoms with Crippen LogP contribution in [0.2, 0.25) is 0 Å². The van der Waals surface area contributed by atoms with E-state index in [1.807, 2.05) is 30.3 Å². The number of hydrogen-bond acceptors (Lipinski definition) is 4. The minimum Gasteiger partial charge on any atom is -0.354 e. The molecule has 0 aromatic heterocycles. The molecule has 2 amide bonds. The fraction of sp³-hybridized carbons (Fsp3) is 0.429. The Bertz CT molecular complexity index is 626. The van der Waals surface area contributed by atoms with Crippen LogP contribution in [0.5, 0.6) is 0 Å². The van der Waals surface area contributed by atoms with Gasteiger partial charge in [-0.3, -0.25) is 14.1 Å². The molecule has 0 spiro atoms. The molecular weight excluding hydrogens is 308 g/mol. The summed E-state index contributed by atoms with van der Waals surface area (Å²) in [6.07, 6.45) is 0. The summed E-state index contributed by atoms with van der Waals surface area (Å²) in [4.78, 5) is 24.1. The zero-order valence-electron chi connectivity index (χ0n) is 12.5. The summed E-state index contributed by atoms with van der Waals surface area (Å²) in [5.74, 6) is -1.68. The van der Waals surface area contributed by atoms with Crippen molar-refractivity contribution >= 4 is 21.9 Å². The van der Waals surface area contributed by atoms with E-state index >= 15 is 0 Å². The van der Waals surface area contributed by atoms with Gasteiger partial charge in [-0.1, -0.05) is 30.3 Å². The highest BCUT2D eigenvalue weighted by Crippen LogP contribution is 2.15. The molecule has 22 heavy (non-hydrogen) atoms. The Morgan fingerprint density at radius 2 is 1.64 bits per heavy atom. The predicted octanol–water partition coefficient (Wildman–Crippen LogP) is 0.333. The molecule has 7 nitrogen and oxygen atoms in total. The molecule has 0 atom stereocenters. The molecule has 0 fully saturated rings. The molecular formula is C14H20N2O5S. The Morgan fingerprint density at radius 3 is 2.18 bits per heavy atom. The SMILES string of the molecule is CC(C)(C(=O)NCCS(=O)(=O)O)C(=O)NCc1ccccc1. The van der Waals surface area contributed by atoms with Crippen molar-refractivity contribution in [2.45, 2.75) is 20.4 Å². The van der Waals surface area contributed by atoms with Gasteiger partial charge in [0, 0.05) is 13.1 Å². The maximum Gasteiger partial charge on any atom is 0.266 e. The lowest BCUT2D eigenvalue weighted by Crippen LogP contribution is -2.48. The summed E-state index contributed by atoms with van der Waals surface area (Å²) in [6, 6.07) is 9.24. The molecule has 0 bridgehead atoms. The number of carbonyl (C=O) groups is 2. The maximum absolute atomic E-state index is 12.1. The maximum atomic E-state index is 12.1. The van der Waals surface area contributed by atoms with E-state index in [-0.39, 0.29) is 6.54 Å². The Kier molecular flexibility index (Phi) is 6.07. The summed E-state index contributed by atoms with van der Waals surface area (Å²) < 4.78 is 29.8. The molecule has 0 radical (unpaired) electrons. The smallest absolute Gasteiger partial charge is 0.266 e. The molecule has 0 aliphatic rings. The zero-order valence-corrected chi connectivity index (χ0v) is 13.3. The van der Waals surface area contributed by atoms with Crippen LogP contribution in [0.25, 0.3) is 0 Å². The highest BCUT2D eigenvalue weighted by Gasteiger charge is 2.35. The Morgan fingerprint density at radius 1 is 1.09 bits per heavy atom. The van der Waals surface area contributed by atoms with Gasteiger partial charge in [0.2, 0.25) is 11.8 Å². The molecule has 122 valence electrons. The molecule has 0 saturated heterocycles. The van der Waals surface area contributed by atoms with E-state index in [2.05, 4.69) is 10.6 Å². The summed E-state index contributed by atoms with van der Waals surface area (Å²) in [6.45, 7) is 2.92. The van der Waals surface area contributed by atoms with Crippen molar-refractivity contribution in [1.29, 1.82) is 0 Å². The van der Waals surface area contributed by atoms with Gasteiger partial charge in [-0.15, -0.1) is 0 Å². The van der Waals surface area contributed by atoms with E-state index in [1.54, 1.807) is 0 Å². The summed E-state index contributed by atoms with van der Waals surface area (Å²) >= 11 is 0. The second kappa shape index (κ2) is 7.37. The summed E-state index contributed by atoms with van der Waals surface area (Å²) in [5.41, 5.74) is -0.452. The monoisotopic (exact) mass is 328 g/mol. The van der Waals surface area contributed by atoms with Gasteiger partial charge in [-0.05, 0) is 19.4 Å². The molecule has 0 aliphatic heterocycles. The summed E-state index contributed by atoms with van der Waals surface area (Å²) in [5, 5.41) is 4.98. The van der Waals surface area contributed by atoms with Gasteiger partial charge in [0.25, 0.3) is 10.1 Å². The number of benzene rings is 1. The van der Waals surface area contributed by atoms with E-state index in [0.29, 0.717) is 6.54 Å². The van der Waals surface area contributed by atoms with Gasteiger partial charge in [0.05, 0.1) is 5.75 Å². The topological polar surface area (TPSA) is 113 Å². The van der Waals surface area contributed by atoms with Crippen molar-refractivity contribution in [2.24, 2.45) is 5.41 Å². The van der Waals surface area contributed by atoms with E-state index in [4.69, 9.17) is 4.55 Å². The molecule has 1 aromatic rings. The third-order valence-corrected chi connectivity index (χ3v) is 3.80. The van der Waals surface area contributed by atoms with E-state index in [9.17, 15) is 18.0 Å². The number of nitrogens with one attached hydrogen (secondary N) is 2. The first-order valence-electron chi connectivity index (χ1n) is 6.68. The third kappa shape index (κ3) is 5.82. The van der Waals surface area contributed by atoms with E-state index in [1.165, 1.54) is 13.8 Å². The van der Waals surface area contributed by atoms with Crippen LogP contribution in [0.4, 0.5) is 0 Å². The molecule has 0 aliphatic carbocycles. The van der Waals surface area contributed by atoms with Crippen LogP contribution >= 0.6 is 0 Å². The van der Waals surface area contributed by atoms with Crippen LogP contribution in [-0.4, -0.2) is 37.1 Å². The van der Waals surface area contributed by atoms with Gasteiger partial charge in [0.15, 0.2) is 0 Å². The van der Waals surface area contributed by atoms with Crippen LogP contribution in [0.1, 0.15) is 19.4 Å². The number of amides is 2. The Labute approximate surface area is 129 Å². The average Bonchev–Trinajstić information content (AvgIpc) is 2.44. The van der Waals surface area contributed by atoms with Crippen molar-refractivity contribution in [1.82, 2.24) is 10.6 Å². The number of hydrogen-bond donors (Lipinski definition) is 3. The van der Waals surface area contributed by atoms with Crippen LogP contribution in [0.15, 0.2) is 30.3 Å². The molecule has 3 N–H and O–H groups in total. The van der Waals surface area contributed by atoms with Crippen LogP contribution in [0.3, 0.4) is 0 Å². The first-order valence-corrected chi connectivity index (χ1v) is 8.29. The van der Waals surface area contributed by atoms with E-state index < -0.39 is 33.1 Å². The minimum atomic E-state index is -4.15. The lowest BCUT2D eigenvalue weighted by atomic mass is 9.91. The molecule has 0 saturated carbocycles. The van der Waals surface area contributed by atoms with Gasteiger partial charge in [-0.25, -0.2) is 0 Å². The van der Waals surface area contributed by atoms with Crippen molar-refractivity contribution in [2.75, 3.05) is 12.3 Å². The molecule has 1 rings (SSSR count). The molecule has 8 heteroatoms. The van der Waals surface area contributed by atoms with Crippen LogP contribution < -0.4 is 10.6 Å². The molecule has 0 heterocycles. The lowest BCUT2D eigenvalue weighted by Gasteiger charge is -2.22. The zero-order chi connectivity index (χ0) is 16.8. The normalized spacial score (nSPS) is 11.8. The number of rotatable bonds is 7. The van der Waals surface area contributed by atoms with Crippen LogP contribution in [-0.2, 0) is 26.3 Å². The van der Waals surface area contributed by atoms with Gasteiger partial charge < -0.3 is 10.6 Å². The highest BCUT2D eigenvalue weighted by atomic mass is 32.2. The minimum absolute atomic E-state index is 0.257. The van der Waals surface area contributed by atoms with Crippen molar-refractivity contribution in [3.05, 3.63) is 35.9 Å². The standard InChI is InChI=1S/C14H20N2O5S/c1-14(2,12(17)15-8-9-22(19,20)21)13(18)16-10-11-6-4-3-5-7-11/h3-7H,8-10H2,1-2H3,(H,15,17)(H,16,18)(H,19,20,21). The Balaban J connectivity index is 2.52. The van der Waals surface area contributed by atoms with E-state index in [0.717, 1.165) is 5.56 Å². The fourth-order valence-electron chi connectivity index (χ4n) is 1.62. The largest absolute Gasteiger partial charge is 0.354 e. The highest BCUT2D eigenvalue weighted by molar-refractivity contribution is 7.85. The second-order valence-electron chi connectivity index (χ2n) is 5.34. The van der Waals surface area contributed by atoms with Gasteiger partial charge in [-0.2, -0.15) is 8.42 Å². The van der Waals surface area contributed by atoms with Crippen molar-refractivity contribution in [3.63, 3.8) is 0 Å². The number of carbonyl (C=O) groups excluding carboxylic acids is 2. The summed E-state index contributed by atoms with van der Waals surface area (Å²) in [7, 11) is -4.15. The predicted molar refractivity (Wildman–Crippen MR) is 81.5 cm³/mol. The van der Waals surface area contributed by atoms with Crippen molar-refractivity contribution in [3.8, 4) is 0 Å². The first-order chi connectivity index (χ1) is 10.1. The van der Waals surface area contributed by atoms with Gasteiger partial charge >= 0.3 is 0 Å². The first kappa shape index (κ1) is 18.1. The quantitative estimate of drug-likeness (QED) is 0.493. The average molecular weight is 328 g/mol.